The lowest BCUT2D eigenvalue weighted by Gasteiger charge is -2.40. The maximum absolute atomic E-state index is 5.51. The Morgan fingerprint density at radius 3 is 1.66 bits per heavy atom. The van der Waals surface area contributed by atoms with Gasteiger partial charge in [0.05, 0.1) is 19.9 Å². The normalized spacial score (nSPS) is 18.1. The van der Waals surface area contributed by atoms with Gasteiger partial charge >= 0.3 is 0 Å². The lowest BCUT2D eigenvalue weighted by atomic mass is 10.0. The summed E-state index contributed by atoms with van der Waals surface area (Å²) in [5, 5.41) is 0. The fourth-order valence-corrected chi connectivity index (χ4v) is 5.95. The highest BCUT2D eigenvalue weighted by Gasteiger charge is 2.23. The van der Waals surface area contributed by atoms with E-state index in [2.05, 4.69) is 35.5 Å². The molecule has 2 aliphatic rings. The first-order chi connectivity index (χ1) is 17.3. The van der Waals surface area contributed by atoms with Crippen LogP contribution in [0.1, 0.15) is 130 Å². The second-order valence-corrected chi connectivity index (χ2v) is 11.1. The van der Waals surface area contributed by atoms with Crippen molar-refractivity contribution in [3.63, 3.8) is 0 Å². The summed E-state index contributed by atoms with van der Waals surface area (Å²) >= 11 is 0. The van der Waals surface area contributed by atoms with Crippen LogP contribution in [0.3, 0.4) is 0 Å². The maximum Gasteiger partial charge on any atom is 0.0706 e. The van der Waals surface area contributed by atoms with E-state index in [-0.39, 0.29) is 0 Å². The number of nitrogens with zero attached hydrogens (tertiary/aromatic N) is 3. The van der Waals surface area contributed by atoms with E-state index >= 15 is 0 Å². The second kappa shape index (κ2) is 20.5. The van der Waals surface area contributed by atoms with Crippen LogP contribution in [0, 0.1) is 0 Å². The lowest BCUT2D eigenvalue weighted by Crippen LogP contribution is -2.45. The van der Waals surface area contributed by atoms with Crippen LogP contribution in [-0.4, -0.2) is 73.9 Å². The summed E-state index contributed by atoms with van der Waals surface area (Å²) in [6.45, 7) is 17.1. The van der Waals surface area contributed by atoms with Crippen molar-refractivity contribution in [1.29, 1.82) is 0 Å². The number of allylic oxidation sites excluding steroid dienone is 1. The summed E-state index contributed by atoms with van der Waals surface area (Å²) in [5.74, 6) is 0. The van der Waals surface area contributed by atoms with Crippen molar-refractivity contribution in [3.8, 4) is 0 Å². The van der Waals surface area contributed by atoms with Gasteiger partial charge in [0.15, 0.2) is 0 Å². The van der Waals surface area contributed by atoms with Gasteiger partial charge in [0.25, 0.3) is 0 Å². The smallest absolute Gasteiger partial charge is 0.0706 e. The number of rotatable bonds is 21. The zero-order chi connectivity index (χ0) is 25.0. The van der Waals surface area contributed by atoms with E-state index in [0.29, 0.717) is 0 Å². The van der Waals surface area contributed by atoms with Crippen molar-refractivity contribution in [1.82, 2.24) is 14.7 Å². The maximum atomic E-state index is 5.51. The monoisotopic (exact) mass is 491 g/mol. The molecule has 0 N–H and O–H groups in total. The van der Waals surface area contributed by atoms with Crippen molar-refractivity contribution < 1.29 is 4.74 Å². The largest absolute Gasteiger partial charge is 0.379 e. The average Bonchev–Trinajstić information content (AvgIpc) is 2.89. The highest BCUT2D eigenvalue weighted by atomic mass is 16.5. The van der Waals surface area contributed by atoms with Gasteiger partial charge in [-0.25, -0.2) is 0 Å². The Hall–Kier alpha value is -0.580. The van der Waals surface area contributed by atoms with Gasteiger partial charge in [0, 0.05) is 45.0 Å². The molecule has 0 radical (unpaired) electrons. The molecule has 0 atom stereocenters. The van der Waals surface area contributed by atoms with Crippen LogP contribution < -0.4 is 0 Å². The molecule has 4 heteroatoms. The first-order valence-electron chi connectivity index (χ1n) is 15.8. The van der Waals surface area contributed by atoms with Crippen LogP contribution in [0.5, 0.6) is 0 Å². The summed E-state index contributed by atoms with van der Waals surface area (Å²) in [7, 11) is 0. The number of unbranched alkanes of at least 4 members (excludes halogenated alkanes) is 13. The molecule has 0 aromatic carbocycles. The topological polar surface area (TPSA) is 19.0 Å². The van der Waals surface area contributed by atoms with Gasteiger partial charge in [-0.05, 0) is 31.3 Å². The SMILES string of the molecule is CCCCCCCCCCCCCCCCN1CC(CC)=C(CC)N(CCCN2CCOCC2)C1. The number of hydrogen-bond acceptors (Lipinski definition) is 4. The first kappa shape index (κ1) is 30.6. The Morgan fingerprint density at radius 2 is 1.11 bits per heavy atom. The Bertz CT molecular complexity index is 529. The summed E-state index contributed by atoms with van der Waals surface area (Å²) in [5.41, 5.74) is 3.34. The van der Waals surface area contributed by atoms with E-state index in [1.165, 1.54) is 135 Å². The van der Waals surface area contributed by atoms with Gasteiger partial charge in [-0.15, -0.1) is 0 Å². The van der Waals surface area contributed by atoms with Crippen LogP contribution in [-0.2, 0) is 4.74 Å². The van der Waals surface area contributed by atoms with Gasteiger partial charge in [-0.3, -0.25) is 9.80 Å². The third kappa shape index (κ3) is 13.5. The summed E-state index contributed by atoms with van der Waals surface area (Å²) in [4.78, 5) is 8.02. The lowest BCUT2D eigenvalue weighted by molar-refractivity contribution is 0.0353. The van der Waals surface area contributed by atoms with Gasteiger partial charge in [0.1, 0.15) is 0 Å². The van der Waals surface area contributed by atoms with E-state index in [9.17, 15) is 0 Å². The molecule has 0 spiro atoms. The molecule has 0 unspecified atom stereocenters. The molecular formula is C31H61N3O. The molecule has 0 aromatic heterocycles. The second-order valence-electron chi connectivity index (χ2n) is 11.1. The standard InChI is InChI=1S/C31H61N3O/c1-4-7-8-9-10-11-12-13-14-15-16-17-18-19-21-33-28-30(5-2)31(6-3)34(29-33)23-20-22-32-24-26-35-27-25-32/h4-29H2,1-3H3. The number of ether oxygens (including phenoxy) is 1. The minimum absolute atomic E-state index is 0.913. The van der Waals surface area contributed by atoms with Crippen molar-refractivity contribution in [3.05, 3.63) is 11.3 Å². The molecule has 206 valence electrons. The molecule has 0 saturated carbocycles. The Labute approximate surface area is 219 Å². The predicted octanol–water partition coefficient (Wildman–Crippen LogP) is 7.84. The van der Waals surface area contributed by atoms with E-state index < -0.39 is 0 Å². The number of hydrogen-bond donors (Lipinski definition) is 0. The molecular weight excluding hydrogens is 430 g/mol. The van der Waals surface area contributed by atoms with Crippen LogP contribution in [0.2, 0.25) is 0 Å². The number of morpholine rings is 1. The van der Waals surface area contributed by atoms with Gasteiger partial charge < -0.3 is 9.64 Å². The molecule has 0 amide bonds. The molecule has 2 heterocycles. The molecule has 0 aromatic rings. The van der Waals surface area contributed by atoms with Crippen molar-refractivity contribution >= 4 is 0 Å². The molecule has 0 bridgehead atoms. The van der Waals surface area contributed by atoms with Crippen molar-refractivity contribution in [2.75, 3.05) is 59.2 Å². The molecule has 1 saturated heterocycles. The third-order valence-electron chi connectivity index (χ3n) is 8.17. The van der Waals surface area contributed by atoms with E-state index in [0.717, 1.165) is 33.0 Å². The first-order valence-corrected chi connectivity index (χ1v) is 15.8. The quantitative estimate of drug-likeness (QED) is 0.152. The van der Waals surface area contributed by atoms with Crippen molar-refractivity contribution in [2.45, 2.75) is 130 Å². The molecule has 2 aliphatic heterocycles. The molecule has 35 heavy (non-hydrogen) atoms. The molecule has 0 aliphatic carbocycles. The van der Waals surface area contributed by atoms with Gasteiger partial charge in [0.2, 0.25) is 0 Å². The molecule has 2 rings (SSSR count). The van der Waals surface area contributed by atoms with Crippen LogP contribution in [0.25, 0.3) is 0 Å². The minimum Gasteiger partial charge on any atom is -0.379 e. The highest BCUT2D eigenvalue weighted by Crippen LogP contribution is 2.24. The Balaban J connectivity index is 1.53. The fourth-order valence-electron chi connectivity index (χ4n) is 5.95. The fraction of sp³-hybridized carbons (Fsp3) is 0.935. The Kier molecular flexibility index (Phi) is 17.9. The van der Waals surface area contributed by atoms with E-state index in [1.54, 1.807) is 11.3 Å². The Morgan fingerprint density at radius 1 is 0.571 bits per heavy atom. The van der Waals surface area contributed by atoms with Crippen LogP contribution in [0.4, 0.5) is 0 Å². The van der Waals surface area contributed by atoms with E-state index in [1.807, 2.05) is 0 Å². The molecule has 4 nitrogen and oxygen atoms in total. The van der Waals surface area contributed by atoms with Crippen LogP contribution in [0.15, 0.2) is 11.3 Å². The summed E-state index contributed by atoms with van der Waals surface area (Å²) < 4.78 is 5.51. The zero-order valence-corrected chi connectivity index (χ0v) is 24.1. The van der Waals surface area contributed by atoms with Gasteiger partial charge in [-0.1, -0.05) is 104 Å². The third-order valence-corrected chi connectivity index (χ3v) is 8.17. The van der Waals surface area contributed by atoms with Crippen LogP contribution >= 0.6 is 0 Å². The summed E-state index contributed by atoms with van der Waals surface area (Å²) in [6, 6.07) is 0. The highest BCUT2D eigenvalue weighted by molar-refractivity contribution is 5.17. The van der Waals surface area contributed by atoms with Gasteiger partial charge in [-0.2, -0.15) is 0 Å². The minimum atomic E-state index is 0.913. The summed E-state index contributed by atoms with van der Waals surface area (Å²) in [6.07, 6.45) is 23.8. The van der Waals surface area contributed by atoms with Crippen molar-refractivity contribution in [2.24, 2.45) is 0 Å². The predicted molar refractivity (Wildman–Crippen MR) is 153 cm³/mol. The van der Waals surface area contributed by atoms with E-state index in [4.69, 9.17) is 4.74 Å². The average molecular weight is 492 g/mol. The molecule has 1 fully saturated rings. The zero-order valence-electron chi connectivity index (χ0n) is 24.1.